The number of halogens is 1. The number of hydrogen-bond donors (Lipinski definition) is 1. The molecule has 2 fully saturated rings. The number of aromatic nitrogens is 2. The maximum atomic E-state index is 14.9. The van der Waals surface area contributed by atoms with Crippen molar-refractivity contribution >= 4 is 51.9 Å². The van der Waals surface area contributed by atoms with Gasteiger partial charge >= 0.3 is 6.09 Å². The Labute approximate surface area is 229 Å². The third-order valence-corrected chi connectivity index (χ3v) is 8.58. The molecule has 1 aromatic carbocycles. The number of rotatable bonds is 6. The van der Waals surface area contributed by atoms with Crippen LogP contribution in [0.5, 0.6) is 5.88 Å². The first-order chi connectivity index (χ1) is 18.9. The number of methoxy groups -OCH3 is 1. The summed E-state index contributed by atoms with van der Waals surface area (Å²) in [6, 6.07) is 9.42. The molecule has 2 amide bonds. The number of piperidine rings is 1. The predicted molar refractivity (Wildman–Crippen MR) is 147 cm³/mol. The van der Waals surface area contributed by atoms with Crippen molar-refractivity contribution in [3.8, 4) is 5.88 Å². The minimum atomic E-state index is -0.395. The predicted octanol–water partition coefficient (Wildman–Crippen LogP) is 3.75. The monoisotopic (exact) mass is 552 g/mol. The number of likely N-dealkylation sites (N-methyl/N-ethyl adjacent to an activating group) is 1. The molecule has 1 N–H and O–H groups in total. The molecule has 10 nitrogen and oxygen atoms in total. The molecule has 0 spiro atoms. The van der Waals surface area contributed by atoms with E-state index in [2.05, 4.69) is 20.2 Å². The van der Waals surface area contributed by atoms with Gasteiger partial charge in [-0.05, 0) is 44.2 Å². The highest BCUT2D eigenvalue weighted by atomic mass is 32.2. The Hall–Kier alpha value is -3.64. The van der Waals surface area contributed by atoms with Gasteiger partial charge in [-0.2, -0.15) is 0 Å². The maximum Gasteiger partial charge on any atom is 0.414 e. The SMILES string of the molecule is COc1ccc2ncc(F)c(N3CCC(N(C)C[C@@H]4CN(c5ccc6c(c5)NC(=O)CS6)C(=O)O4)CC3)c2n1. The second-order valence-electron chi connectivity index (χ2n) is 9.97. The van der Waals surface area contributed by atoms with Gasteiger partial charge in [-0.15, -0.1) is 11.8 Å². The van der Waals surface area contributed by atoms with Crippen LogP contribution in [0.2, 0.25) is 0 Å². The summed E-state index contributed by atoms with van der Waals surface area (Å²) in [5, 5.41) is 2.87. The molecule has 0 unspecified atom stereocenters. The van der Waals surface area contributed by atoms with Crippen molar-refractivity contribution in [3.63, 3.8) is 0 Å². The molecule has 3 aromatic rings. The smallest absolute Gasteiger partial charge is 0.414 e. The Kier molecular flexibility index (Phi) is 6.90. The molecular weight excluding hydrogens is 523 g/mol. The number of fused-ring (bicyclic) bond motifs is 2. The van der Waals surface area contributed by atoms with E-state index in [-0.39, 0.29) is 24.1 Å². The first kappa shape index (κ1) is 25.6. The Balaban J connectivity index is 1.08. The van der Waals surface area contributed by atoms with Gasteiger partial charge in [0.15, 0.2) is 5.82 Å². The van der Waals surface area contributed by atoms with Gasteiger partial charge in [0, 0.05) is 42.3 Å². The number of thioether (sulfide) groups is 1. The van der Waals surface area contributed by atoms with E-state index < -0.39 is 5.82 Å². The second kappa shape index (κ2) is 10.5. The van der Waals surface area contributed by atoms with E-state index in [0.717, 1.165) is 23.4 Å². The standard InChI is InChI=1S/C27H29FN6O4S/c1-32(13-18-14-34(27(36)38-18)17-3-5-22-21(11-17)30-23(35)15-39-22)16-7-9-33(10-8-16)26-19(28)12-29-20-4-6-24(37-2)31-25(20)26/h3-6,11-12,16,18H,7-10,13-15H2,1-2H3,(H,30,35)/t18-/m1/s1. The summed E-state index contributed by atoms with van der Waals surface area (Å²) >= 11 is 1.49. The fourth-order valence-electron chi connectivity index (χ4n) is 5.49. The van der Waals surface area contributed by atoms with Crippen molar-refractivity contribution in [2.45, 2.75) is 29.9 Å². The number of nitrogens with zero attached hydrogens (tertiary/aromatic N) is 5. The molecule has 0 saturated carbocycles. The summed E-state index contributed by atoms with van der Waals surface area (Å²) in [7, 11) is 3.57. The zero-order valence-corrected chi connectivity index (χ0v) is 22.5. The molecule has 204 valence electrons. The van der Waals surface area contributed by atoms with E-state index in [9.17, 15) is 14.0 Å². The van der Waals surface area contributed by atoms with Crippen LogP contribution in [-0.4, -0.2) is 85.1 Å². The van der Waals surface area contributed by atoms with Crippen LogP contribution >= 0.6 is 11.8 Å². The van der Waals surface area contributed by atoms with Crippen LogP contribution in [0.25, 0.3) is 11.0 Å². The molecule has 0 bridgehead atoms. The van der Waals surface area contributed by atoms with Gasteiger partial charge in [0.25, 0.3) is 0 Å². The average Bonchev–Trinajstić information content (AvgIpc) is 3.31. The lowest BCUT2D eigenvalue weighted by atomic mass is 10.0. The quantitative estimate of drug-likeness (QED) is 0.490. The van der Waals surface area contributed by atoms with Crippen molar-refractivity contribution in [2.24, 2.45) is 0 Å². The molecule has 0 radical (unpaired) electrons. The Morgan fingerprint density at radius 3 is 2.85 bits per heavy atom. The first-order valence-corrected chi connectivity index (χ1v) is 13.9. The van der Waals surface area contributed by atoms with Crippen LogP contribution in [0.1, 0.15) is 12.8 Å². The fraction of sp³-hybridized carbons (Fsp3) is 0.407. The van der Waals surface area contributed by atoms with Crippen LogP contribution in [0.4, 0.5) is 26.2 Å². The minimum Gasteiger partial charge on any atom is -0.481 e. The van der Waals surface area contributed by atoms with Crippen LogP contribution in [0.15, 0.2) is 41.4 Å². The van der Waals surface area contributed by atoms with Gasteiger partial charge < -0.3 is 19.7 Å². The third-order valence-electron chi connectivity index (χ3n) is 7.50. The summed E-state index contributed by atoms with van der Waals surface area (Å²) in [6.07, 6.45) is 2.24. The van der Waals surface area contributed by atoms with Gasteiger partial charge in [-0.25, -0.2) is 14.2 Å². The van der Waals surface area contributed by atoms with Gasteiger partial charge in [-0.1, -0.05) is 0 Å². The Morgan fingerprint density at radius 2 is 2.05 bits per heavy atom. The highest BCUT2D eigenvalue weighted by molar-refractivity contribution is 8.00. The zero-order chi connectivity index (χ0) is 27.1. The largest absolute Gasteiger partial charge is 0.481 e. The number of benzene rings is 1. The van der Waals surface area contributed by atoms with Gasteiger partial charge in [-0.3, -0.25) is 19.6 Å². The van der Waals surface area contributed by atoms with Crippen LogP contribution in [0.3, 0.4) is 0 Å². The number of anilines is 3. The number of amides is 2. The van der Waals surface area contributed by atoms with Crippen LogP contribution in [0, 0.1) is 5.82 Å². The highest BCUT2D eigenvalue weighted by Gasteiger charge is 2.35. The number of cyclic esters (lactones) is 1. The minimum absolute atomic E-state index is 0.0463. The van der Waals surface area contributed by atoms with E-state index in [4.69, 9.17) is 9.47 Å². The Morgan fingerprint density at radius 1 is 1.23 bits per heavy atom. The van der Waals surface area contributed by atoms with Crippen molar-refractivity contribution < 1.29 is 23.5 Å². The Bertz CT molecular complexity index is 1430. The van der Waals surface area contributed by atoms with Crippen molar-refractivity contribution in [3.05, 3.63) is 42.3 Å². The number of ether oxygens (including phenoxy) is 2. The summed E-state index contributed by atoms with van der Waals surface area (Å²) in [5.74, 6) is 0.374. The molecule has 2 saturated heterocycles. The van der Waals surface area contributed by atoms with Crippen molar-refractivity contribution in [1.82, 2.24) is 14.9 Å². The lowest BCUT2D eigenvalue weighted by Gasteiger charge is -2.38. The average molecular weight is 553 g/mol. The normalized spacial score (nSPS) is 19.8. The van der Waals surface area contributed by atoms with Gasteiger partial charge in [0.1, 0.15) is 17.3 Å². The van der Waals surface area contributed by atoms with Crippen LogP contribution < -0.4 is 19.9 Å². The molecule has 3 aliphatic rings. The lowest BCUT2D eigenvalue weighted by Crippen LogP contribution is -2.46. The van der Waals surface area contributed by atoms with E-state index in [1.807, 2.05) is 30.1 Å². The summed E-state index contributed by atoms with van der Waals surface area (Å²) in [6.45, 7) is 2.36. The molecular formula is C27H29FN6O4S. The molecule has 5 heterocycles. The molecule has 3 aliphatic heterocycles. The number of nitrogens with one attached hydrogen (secondary N) is 1. The molecule has 6 rings (SSSR count). The lowest BCUT2D eigenvalue weighted by molar-refractivity contribution is -0.113. The fourth-order valence-corrected chi connectivity index (χ4v) is 6.28. The summed E-state index contributed by atoms with van der Waals surface area (Å²) < 4.78 is 25.9. The number of carbonyl (C=O) groups is 2. The number of carbonyl (C=O) groups excluding carboxylic acids is 2. The third kappa shape index (κ3) is 5.06. The van der Waals surface area contributed by atoms with Gasteiger partial charge in [0.05, 0.1) is 36.8 Å². The maximum absolute atomic E-state index is 14.9. The topological polar surface area (TPSA) is 100 Å². The molecule has 1 atom stereocenters. The van der Waals surface area contributed by atoms with E-state index >= 15 is 0 Å². The summed E-state index contributed by atoms with van der Waals surface area (Å²) in [5.41, 5.74) is 3.01. The molecule has 12 heteroatoms. The van der Waals surface area contributed by atoms with E-state index in [1.54, 1.807) is 17.0 Å². The van der Waals surface area contributed by atoms with Gasteiger partial charge in [0.2, 0.25) is 11.8 Å². The molecule has 2 aromatic heterocycles. The zero-order valence-electron chi connectivity index (χ0n) is 21.7. The molecule has 39 heavy (non-hydrogen) atoms. The molecule has 0 aliphatic carbocycles. The highest BCUT2D eigenvalue weighted by Crippen LogP contribution is 2.36. The van der Waals surface area contributed by atoms with E-state index in [1.165, 1.54) is 25.1 Å². The van der Waals surface area contributed by atoms with Crippen molar-refractivity contribution in [2.75, 3.05) is 61.2 Å². The van der Waals surface area contributed by atoms with Crippen LogP contribution in [-0.2, 0) is 9.53 Å². The summed E-state index contributed by atoms with van der Waals surface area (Å²) in [4.78, 5) is 40.0. The number of hydrogen-bond acceptors (Lipinski definition) is 9. The second-order valence-corrected chi connectivity index (χ2v) is 11.0. The van der Waals surface area contributed by atoms with E-state index in [0.29, 0.717) is 60.2 Å². The first-order valence-electron chi connectivity index (χ1n) is 12.9. The number of pyridine rings is 2. The van der Waals surface area contributed by atoms with Crippen molar-refractivity contribution in [1.29, 1.82) is 0 Å².